The summed E-state index contributed by atoms with van der Waals surface area (Å²) in [4.78, 5) is 0. The van der Waals surface area contributed by atoms with E-state index in [4.69, 9.17) is 0 Å². The molecular formula is C42H88K2Si6. The Balaban J connectivity index is 0. The zero-order chi connectivity index (χ0) is 39.1. The molecule has 0 aromatic heterocycles. The van der Waals surface area contributed by atoms with Crippen LogP contribution in [0.5, 0.6) is 0 Å². The van der Waals surface area contributed by atoms with Crippen molar-refractivity contribution in [3.05, 3.63) is 24.3 Å². The molecule has 1 rings (SSSR count). The Morgan fingerprint density at radius 3 is 0.460 bits per heavy atom. The van der Waals surface area contributed by atoms with Crippen LogP contribution in [0.25, 0.3) is 0 Å². The van der Waals surface area contributed by atoms with Crippen LogP contribution in [0.2, 0.25) is 66.5 Å². The summed E-state index contributed by atoms with van der Waals surface area (Å²) in [5.74, 6) is 0. The molecule has 1 aromatic rings. The van der Waals surface area contributed by atoms with E-state index in [1.54, 1.807) is 10.4 Å². The van der Waals surface area contributed by atoms with Crippen LogP contribution in [0.3, 0.4) is 0 Å². The van der Waals surface area contributed by atoms with Gasteiger partial charge < -0.3 is 0 Å². The monoisotopic (exact) mass is 838 g/mol. The maximum Gasteiger partial charge on any atom is 1.00 e. The molecule has 0 spiro atoms. The molecule has 0 aliphatic carbocycles. The Labute approximate surface area is 409 Å². The predicted molar refractivity (Wildman–Crippen MR) is 241 cm³/mol. The van der Waals surface area contributed by atoms with E-state index in [-0.39, 0.29) is 103 Å². The van der Waals surface area contributed by atoms with E-state index >= 15 is 0 Å². The van der Waals surface area contributed by atoms with Gasteiger partial charge in [-0.3, -0.25) is 15.7 Å². The Morgan fingerprint density at radius 1 is 0.280 bits per heavy atom. The van der Waals surface area contributed by atoms with Crippen molar-refractivity contribution in [1.29, 1.82) is 0 Å². The molecule has 0 nitrogen and oxygen atoms in total. The van der Waals surface area contributed by atoms with Gasteiger partial charge >= 0.3 is 103 Å². The topological polar surface area (TPSA) is 0 Å². The SMILES string of the molecule is CC(C)(C)[Si](C)([Si-](c1ccc([Si-]([Si](C)(C(C)(C)C)C(C)(C)C)[Si](C)(C(C)(C)C)C(C)(C)C)cc1)[Si](C)(C(C)(C)C)C(C)(C)C)C(C)(C)C.[K+].[K+]. The minimum absolute atomic E-state index is 0. The maximum absolute atomic E-state index is 2.86. The molecule has 282 valence electrons. The first kappa shape index (κ1) is 55.9. The molecule has 0 bridgehead atoms. The molecule has 0 heterocycles. The standard InChI is InChI=1S/C42H88Si6.2K/c1-35(2,3)45(25,36(4,5)6)43(46(26,37(7,8)9)38(10,11)12)33-29-31-34(32-30-33)44(47(27,39(13,14)15)40(16,17)18)48(28,41(19,20)21)42(22,23)24;;/h29-32H,1-28H3;;/q-2;2*+1. The van der Waals surface area contributed by atoms with Gasteiger partial charge in [0.2, 0.25) is 0 Å². The van der Waals surface area contributed by atoms with Crippen molar-refractivity contribution in [2.75, 3.05) is 0 Å². The van der Waals surface area contributed by atoms with Gasteiger partial charge in [0.15, 0.2) is 0 Å². The molecule has 0 unspecified atom stereocenters. The van der Waals surface area contributed by atoms with Gasteiger partial charge in [-0.05, 0) is 0 Å². The summed E-state index contributed by atoms with van der Waals surface area (Å²) in [6.07, 6.45) is 0. The van der Waals surface area contributed by atoms with Crippen LogP contribution in [0.15, 0.2) is 24.3 Å². The number of hydrogen-bond acceptors (Lipinski definition) is 0. The van der Waals surface area contributed by atoms with Crippen molar-refractivity contribution in [3.8, 4) is 0 Å². The van der Waals surface area contributed by atoms with Crippen LogP contribution in [0, 0.1) is 0 Å². The quantitative estimate of drug-likeness (QED) is 0.254. The number of rotatable bonds is 6. The third kappa shape index (κ3) is 9.63. The Bertz CT molecular complexity index is 1010. The van der Waals surface area contributed by atoms with Gasteiger partial charge in [0, 0.05) is 0 Å². The van der Waals surface area contributed by atoms with Gasteiger partial charge in [-0.1, -0.05) is 287 Å². The minimum atomic E-state index is -1.93. The van der Waals surface area contributed by atoms with Crippen molar-refractivity contribution in [3.63, 3.8) is 0 Å². The van der Waals surface area contributed by atoms with Crippen molar-refractivity contribution < 1.29 is 103 Å². The van der Waals surface area contributed by atoms with Gasteiger partial charge in [-0.15, -0.1) is 0 Å². The van der Waals surface area contributed by atoms with Gasteiger partial charge in [0.1, 0.15) is 0 Å². The van der Waals surface area contributed by atoms with Crippen LogP contribution < -0.4 is 113 Å². The summed E-state index contributed by atoms with van der Waals surface area (Å²) in [5, 5.41) is 6.03. The summed E-state index contributed by atoms with van der Waals surface area (Å²) in [7, 11) is -9.58. The molecule has 0 radical (unpaired) electrons. The average molecular weight is 840 g/mol. The summed E-state index contributed by atoms with van der Waals surface area (Å²) in [5.41, 5.74) is 0. The summed E-state index contributed by atoms with van der Waals surface area (Å²) in [6.45, 7) is 74.4. The van der Waals surface area contributed by atoms with E-state index < -0.39 is 46.0 Å². The van der Waals surface area contributed by atoms with Crippen LogP contribution >= 0.6 is 0 Å². The Kier molecular flexibility index (Phi) is 18.8. The molecule has 0 N–H and O–H groups in total. The third-order valence-electron chi connectivity index (χ3n) is 15.5. The molecule has 0 saturated carbocycles. The van der Waals surface area contributed by atoms with E-state index in [9.17, 15) is 0 Å². The zero-order valence-corrected chi connectivity index (χ0v) is 52.6. The normalized spacial score (nSPS) is 15.3. The number of benzene rings is 1. The van der Waals surface area contributed by atoms with Crippen LogP contribution in [-0.2, 0) is 0 Å². The van der Waals surface area contributed by atoms with Crippen molar-refractivity contribution >= 4 is 56.4 Å². The van der Waals surface area contributed by atoms with Crippen molar-refractivity contribution in [2.24, 2.45) is 0 Å². The smallest absolute Gasteiger partial charge is 0.277 e. The second-order valence-electron chi connectivity index (χ2n) is 24.8. The van der Waals surface area contributed by atoms with Gasteiger partial charge in [-0.25, -0.2) is 10.4 Å². The summed E-state index contributed by atoms with van der Waals surface area (Å²) in [6, 6.07) is 11.1. The fraction of sp³-hybridized carbons (Fsp3) is 0.857. The Hall–Kier alpha value is 3.79. The molecule has 0 aliphatic heterocycles. The van der Waals surface area contributed by atoms with E-state index in [0.717, 1.165) is 0 Å². The van der Waals surface area contributed by atoms with E-state index in [1.165, 1.54) is 0 Å². The maximum atomic E-state index is 2.86. The van der Waals surface area contributed by atoms with E-state index in [0.29, 0.717) is 40.3 Å². The molecule has 50 heavy (non-hydrogen) atoms. The van der Waals surface area contributed by atoms with Crippen LogP contribution in [0.4, 0.5) is 0 Å². The van der Waals surface area contributed by atoms with Crippen molar-refractivity contribution in [1.82, 2.24) is 0 Å². The fourth-order valence-electron chi connectivity index (χ4n) is 10.5. The summed E-state index contributed by atoms with van der Waals surface area (Å²) < 4.78 is 0. The average Bonchev–Trinajstić information content (AvgIpc) is 2.79. The second-order valence-corrected chi connectivity index (χ2v) is 69.5. The fourth-order valence-corrected chi connectivity index (χ4v) is 109. The third-order valence-corrected chi connectivity index (χ3v) is 96.7. The van der Waals surface area contributed by atoms with E-state index in [1.807, 2.05) is 0 Å². The largest absolute Gasteiger partial charge is 1.00 e. The van der Waals surface area contributed by atoms with Crippen LogP contribution in [-0.4, -0.2) is 46.0 Å². The second kappa shape index (κ2) is 16.8. The van der Waals surface area contributed by atoms with Gasteiger partial charge in [0.05, 0.1) is 0 Å². The molecule has 8 heteroatoms. The first-order valence-corrected chi connectivity index (χ1v) is 36.3. The van der Waals surface area contributed by atoms with E-state index in [2.05, 4.69) is 217 Å². The Morgan fingerprint density at radius 2 is 0.380 bits per heavy atom. The zero-order valence-electron chi connectivity index (χ0n) is 40.3. The van der Waals surface area contributed by atoms with Crippen LogP contribution in [0.1, 0.15) is 166 Å². The molecule has 1 aromatic carbocycles. The predicted octanol–water partition coefficient (Wildman–Crippen LogP) is 8.13. The van der Waals surface area contributed by atoms with Gasteiger partial charge in [0.25, 0.3) is 0 Å². The minimum Gasteiger partial charge on any atom is -0.277 e. The van der Waals surface area contributed by atoms with Gasteiger partial charge in [-0.2, -0.15) is 0 Å². The first-order valence-electron chi connectivity index (χ1n) is 19.3. The molecule has 0 aliphatic rings. The summed E-state index contributed by atoms with van der Waals surface area (Å²) >= 11 is 0. The molecule has 0 saturated heterocycles. The molecule has 0 atom stereocenters. The first-order chi connectivity index (χ1) is 20.5. The number of hydrogen-bond donors (Lipinski definition) is 0. The molecular weight excluding hydrogens is 751 g/mol. The molecule has 0 fully saturated rings. The molecule has 0 amide bonds. The van der Waals surface area contributed by atoms with Crippen molar-refractivity contribution in [2.45, 2.75) is 233 Å².